The first kappa shape index (κ1) is 24.0. The first-order valence-electron chi connectivity index (χ1n) is 10.1. The monoisotopic (exact) mass is 467 g/mol. The molecule has 0 aromatic heterocycles. The molecule has 1 amide bonds. The Balaban J connectivity index is 1.82. The molecule has 0 fully saturated rings. The van der Waals surface area contributed by atoms with Gasteiger partial charge < -0.3 is 9.84 Å². The van der Waals surface area contributed by atoms with Crippen LogP contribution < -0.4 is 10.2 Å². The van der Waals surface area contributed by atoms with Gasteiger partial charge in [-0.05, 0) is 48.4 Å². The highest BCUT2D eigenvalue weighted by Crippen LogP contribution is 2.24. The van der Waals surface area contributed by atoms with Crippen molar-refractivity contribution in [3.8, 4) is 11.5 Å². The number of ether oxygens (including phenoxy) is 1. The maximum absolute atomic E-state index is 13.4. The number of phenols is 1. The number of amides is 1. The molecule has 0 saturated carbocycles. The summed E-state index contributed by atoms with van der Waals surface area (Å²) in [5.41, 5.74) is 4.13. The summed E-state index contributed by atoms with van der Waals surface area (Å²) in [5.74, 6) is -0.0372. The molecule has 3 rings (SSSR count). The van der Waals surface area contributed by atoms with Crippen LogP contribution >= 0.6 is 0 Å². The van der Waals surface area contributed by atoms with Gasteiger partial charge in [0.05, 0.1) is 24.8 Å². The van der Waals surface area contributed by atoms with Crippen molar-refractivity contribution in [3.63, 3.8) is 0 Å². The van der Waals surface area contributed by atoms with E-state index in [2.05, 4.69) is 10.5 Å². The first-order chi connectivity index (χ1) is 15.8. The van der Waals surface area contributed by atoms with Gasteiger partial charge in [-0.1, -0.05) is 42.5 Å². The molecule has 0 spiro atoms. The number of hydrogen-bond acceptors (Lipinski definition) is 6. The number of carbonyl (C=O) groups excluding carboxylic acids is 1. The van der Waals surface area contributed by atoms with Crippen LogP contribution in [0.25, 0.3) is 0 Å². The molecule has 0 unspecified atom stereocenters. The van der Waals surface area contributed by atoms with Gasteiger partial charge in [-0.15, -0.1) is 0 Å². The molecule has 3 aromatic rings. The molecule has 0 radical (unpaired) electrons. The fourth-order valence-corrected chi connectivity index (χ4v) is 4.61. The summed E-state index contributed by atoms with van der Waals surface area (Å²) >= 11 is 0. The highest BCUT2D eigenvalue weighted by atomic mass is 32.2. The van der Waals surface area contributed by atoms with E-state index in [-0.39, 0.29) is 17.2 Å². The average Bonchev–Trinajstić information content (AvgIpc) is 2.80. The Bertz CT molecular complexity index is 1240. The molecule has 0 heterocycles. The van der Waals surface area contributed by atoms with Crippen LogP contribution in [0.3, 0.4) is 0 Å². The van der Waals surface area contributed by atoms with Gasteiger partial charge in [-0.25, -0.2) is 13.8 Å². The third-order valence-electron chi connectivity index (χ3n) is 4.86. The van der Waals surface area contributed by atoms with Gasteiger partial charge in [0.25, 0.3) is 5.91 Å². The summed E-state index contributed by atoms with van der Waals surface area (Å²) in [5, 5.41) is 13.6. The van der Waals surface area contributed by atoms with E-state index < -0.39 is 22.5 Å². The maximum atomic E-state index is 13.4. The lowest BCUT2D eigenvalue weighted by molar-refractivity contribution is -0.121. The third kappa shape index (κ3) is 6.18. The second kappa shape index (κ2) is 10.8. The minimum Gasteiger partial charge on any atom is -0.507 e. The van der Waals surface area contributed by atoms with Gasteiger partial charge in [0.1, 0.15) is 11.5 Å². The molecule has 3 aromatic carbocycles. The van der Waals surface area contributed by atoms with Crippen molar-refractivity contribution in [2.75, 3.05) is 13.7 Å². The number of aromatic hydroxyl groups is 1. The zero-order valence-electron chi connectivity index (χ0n) is 18.3. The van der Waals surface area contributed by atoms with Crippen LogP contribution in [0.1, 0.15) is 16.7 Å². The normalized spacial score (nSPS) is 11.6. The number of hydrogen-bond donors (Lipinski definition) is 2. The quantitative estimate of drug-likeness (QED) is 0.371. The Labute approximate surface area is 193 Å². The number of benzene rings is 3. The van der Waals surface area contributed by atoms with Crippen molar-refractivity contribution in [3.05, 3.63) is 89.5 Å². The van der Waals surface area contributed by atoms with Crippen molar-refractivity contribution in [1.29, 1.82) is 0 Å². The minimum atomic E-state index is -4.00. The summed E-state index contributed by atoms with van der Waals surface area (Å²) in [7, 11) is -2.49. The highest BCUT2D eigenvalue weighted by Gasteiger charge is 2.27. The summed E-state index contributed by atoms with van der Waals surface area (Å²) < 4.78 is 33.1. The Kier molecular flexibility index (Phi) is 7.81. The zero-order valence-corrected chi connectivity index (χ0v) is 19.1. The number of sulfonamides is 1. The van der Waals surface area contributed by atoms with Crippen molar-refractivity contribution >= 4 is 22.1 Å². The van der Waals surface area contributed by atoms with Gasteiger partial charge in [-0.3, -0.25) is 4.79 Å². The number of hydrazone groups is 1. The van der Waals surface area contributed by atoms with Crippen molar-refractivity contribution in [2.24, 2.45) is 5.10 Å². The standard InChI is InChI=1S/C24H25N3O5S/c1-18-14-21(12-13-23(18)32-2)33(30,31)27(16-19-8-4-3-5-9-19)17-24(29)26-25-15-20-10-6-7-11-22(20)28/h3-15,28H,16-17H2,1-2H3,(H,26,29). The molecule has 8 nitrogen and oxygen atoms in total. The molecule has 2 N–H and O–H groups in total. The highest BCUT2D eigenvalue weighted by molar-refractivity contribution is 7.89. The van der Waals surface area contributed by atoms with Gasteiger partial charge in [0, 0.05) is 12.1 Å². The second-order valence-corrected chi connectivity index (χ2v) is 9.18. The molecule has 9 heteroatoms. The summed E-state index contributed by atoms with van der Waals surface area (Å²) in [6.45, 7) is 1.31. The van der Waals surface area contributed by atoms with E-state index in [0.717, 1.165) is 9.87 Å². The fourth-order valence-electron chi connectivity index (χ4n) is 3.14. The number of rotatable bonds is 9. The molecule has 0 aliphatic rings. The minimum absolute atomic E-state index is 0.00482. The van der Waals surface area contributed by atoms with Crippen LogP contribution in [0.15, 0.2) is 82.8 Å². The second-order valence-electron chi connectivity index (χ2n) is 7.24. The predicted octanol–water partition coefficient (Wildman–Crippen LogP) is 3.05. The lowest BCUT2D eigenvalue weighted by atomic mass is 10.2. The lowest BCUT2D eigenvalue weighted by Crippen LogP contribution is -2.39. The first-order valence-corrected chi connectivity index (χ1v) is 11.5. The number of nitrogens with one attached hydrogen (secondary N) is 1. The smallest absolute Gasteiger partial charge is 0.255 e. The number of carbonyl (C=O) groups is 1. The molecule has 0 aliphatic heterocycles. The SMILES string of the molecule is COc1ccc(S(=O)(=O)N(CC(=O)NN=Cc2ccccc2O)Cc2ccccc2)cc1C. The summed E-state index contributed by atoms with van der Waals surface area (Å²) in [6, 6.07) is 20.1. The zero-order chi connectivity index (χ0) is 23.8. The van der Waals surface area contributed by atoms with Gasteiger partial charge in [0.15, 0.2) is 0 Å². The summed E-state index contributed by atoms with van der Waals surface area (Å²) in [4.78, 5) is 12.6. The number of aryl methyl sites for hydroxylation is 1. The Morgan fingerprint density at radius 1 is 1.09 bits per heavy atom. The molecule has 0 saturated heterocycles. The van der Waals surface area contributed by atoms with Crippen LogP contribution in [-0.4, -0.2) is 43.6 Å². The van der Waals surface area contributed by atoms with Crippen molar-refractivity contribution in [1.82, 2.24) is 9.73 Å². The molecule has 0 bridgehead atoms. The number of methoxy groups -OCH3 is 1. The van der Waals surface area contributed by atoms with Crippen molar-refractivity contribution < 1.29 is 23.1 Å². The van der Waals surface area contributed by atoms with E-state index in [9.17, 15) is 18.3 Å². The van der Waals surface area contributed by atoms with E-state index >= 15 is 0 Å². The predicted molar refractivity (Wildman–Crippen MR) is 126 cm³/mol. The van der Waals surface area contributed by atoms with Gasteiger partial charge in [0.2, 0.25) is 10.0 Å². The molecule has 0 atom stereocenters. The number of phenolic OH excluding ortho intramolecular Hbond substituents is 1. The molecule has 0 aliphatic carbocycles. The topological polar surface area (TPSA) is 108 Å². The van der Waals surface area contributed by atoms with Gasteiger partial charge in [-0.2, -0.15) is 9.41 Å². The van der Waals surface area contributed by atoms with Crippen LogP contribution in [-0.2, 0) is 21.4 Å². The fraction of sp³-hybridized carbons (Fsp3) is 0.167. The molecular formula is C24H25N3O5S. The molecule has 33 heavy (non-hydrogen) atoms. The number of nitrogens with zero attached hydrogens (tertiary/aromatic N) is 2. The average molecular weight is 468 g/mol. The lowest BCUT2D eigenvalue weighted by Gasteiger charge is -2.22. The van der Waals surface area contributed by atoms with Crippen molar-refractivity contribution in [2.45, 2.75) is 18.4 Å². The van der Waals surface area contributed by atoms with E-state index in [1.54, 1.807) is 55.5 Å². The maximum Gasteiger partial charge on any atom is 0.255 e. The molecule has 172 valence electrons. The third-order valence-corrected chi connectivity index (χ3v) is 6.64. The van der Waals surface area contributed by atoms with E-state index in [1.165, 1.54) is 31.5 Å². The van der Waals surface area contributed by atoms with Crippen LogP contribution in [0, 0.1) is 6.92 Å². The van der Waals surface area contributed by atoms with Crippen LogP contribution in [0.5, 0.6) is 11.5 Å². The van der Waals surface area contributed by atoms with E-state index in [1.807, 2.05) is 6.07 Å². The summed E-state index contributed by atoms with van der Waals surface area (Å²) in [6.07, 6.45) is 1.29. The Hall–Kier alpha value is -3.69. The van der Waals surface area contributed by atoms with Gasteiger partial charge >= 0.3 is 0 Å². The van der Waals surface area contributed by atoms with Crippen LogP contribution in [0.2, 0.25) is 0 Å². The number of para-hydroxylation sites is 1. The van der Waals surface area contributed by atoms with Crippen LogP contribution in [0.4, 0.5) is 0 Å². The van der Waals surface area contributed by atoms with E-state index in [4.69, 9.17) is 4.74 Å². The largest absolute Gasteiger partial charge is 0.507 e. The molecular weight excluding hydrogens is 442 g/mol. The Morgan fingerprint density at radius 3 is 2.45 bits per heavy atom. The van der Waals surface area contributed by atoms with E-state index in [0.29, 0.717) is 16.9 Å². The Morgan fingerprint density at radius 2 is 1.79 bits per heavy atom.